The molecule has 1 aliphatic rings. The molecule has 126 valence electrons. The van der Waals surface area contributed by atoms with Gasteiger partial charge in [0.25, 0.3) is 0 Å². The van der Waals surface area contributed by atoms with Crippen LogP contribution in [-0.4, -0.2) is 13.3 Å². The first-order valence-electron chi connectivity index (χ1n) is 7.85. The van der Waals surface area contributed by atoms with Gasteiger partial charge in [0.15, 0.2) is 0 Å². The van der Waals surface area contributed by atoms with E-state index in [1.807, 2.05) is 31.2 Å². The third kappa shape index (κ3) is 3.90. The Morgan fingerprint density at radius 1 is 1.21 bits per heavy atom. The highest BCUT2D eigenvalue weighted by Crippen LogP contribution is 2.44. The summed E-state index contributed by atoms with van der Waals surface area (Å²) in [5, 5.41) is 0. The van der Waals surface area contributed by atoms with Gasteiger partial charge in [-0.05, 0) is 70.9 Å². The molecule has 1 aliphatic carbocycles. The highest BCUT2D eigenvalue weighted by molar-refractivity contribution is 9.10. The fourth-order valence-electron chi connectivity index (χ4n) is 2.61. The van der Waals surface area contributed by atoms with E-state index in [1.54, 1.807) is 6.07 Å². The van der Waals surface area contributed by atoms with Gasteiger partial charge in [-0.3, -0.25) is 0 Å². The molecular weight excluding hydrogens is 372 g/mol. The second-order valence-electron chi connectivity index (χ2n) is 5.88. The Kier molecular flexibility index (Phi) is 5.09. The van der Waals surface area contributed by atoms with E-state index in [0.717, 1.165) is 34.2 Å². The topological polar surface area (TPSA) is 44.8 Å². The number of benzene rings is 2. The Labute approximate surface area is 149 Å². The third-order valence-electron chi connectivity index (χ3n) is 4.01. The van der Waals surface area contributed by atoms with Gasteiger partial charge < -0.3 is 14.2 Å². The van der Waals surface area contributed by atoms with E-state index >= 15 is 0 Å². The SMILES string of the molecule is COC(=O)Oc1cccc(C2CC2)c1COc1ccc(C)cc1Br. The number of hydrogen-bond acceptors (Lipinski definition) is 4. The van der Waals surface area contributed by atoms with E-state index in [-0.39, 0.29) is 0 Å². The zero-order valence-corrected chi connectivity index (χ0v) is 15.3. The first-order valence-corrected chi connectivity index (χ1v) is 8.64. The first-order chi connectivity index (χ1) is 11.6. The molecule has 0 spiro atoms. The number of ether oxygens (including phenoxy) is 3. The monoisotopic (exact) mass is 390 g/mol. The Bertz CT molecular complexity index is 753. The molecule has 1 fully saturated rings. The number of hydrogen-bond donors (Lipinski definition) is 0. The fraction of sp³-hybridized carbons (Fsp3) is 0.316. The highest BCUT2D eigenvalue weighted by Gasteiger charge is 2.28. The quantitative estimate of drug-likeness (QED) is 0.509. The molecule has 0 saturated heterocycles. The molecule has 2 aromatic rings. The molecule has 2 aromatic carbocycles. The Hall–Kier alpha value is -2.01. The van der Waals surface area contributed by atoms with Crippen molar-refractivity contribution < 1.29 is 19.0 Å². The summed E-state index contributed by atoms with van der Waals surface area (Å²) in [6.07, 6.45) is 1.59. The Balaban J connectivity index is 1.85. The number of carbonyl (C=O) groups excluding carboxylic acids is 1. The molecule has 1 saturated carbocycles. The van der Waals surface area contributed by atoms with Gasteiger partial charge in [-0.25, -0.2) is 4.79 Å². The molecule has 0 bridgehead atoms. The second kappa shape index (κ2) is 7.26. The minimum Gasteiger partial charge on any atom is -0.488 e. The van der Waals surface area contributed by atoms with Crippen molar-refractivity contribution in [1.29, 1.82) is 0 Å². The molecule has 0 atom stereocenters. The molecule has 0 unspecified atom stereocenters. The molecule has 0 amide bonds. The van der Waals surface area contributed by atoms with Crippen LogP contribution >= 0.6 is 15.9 Å². The van der Waals surface area contributed by atoms with Crippen molar-refractivity contribution >= 4 is 22.1 Å². The molecule has 0 radical (unpaired) electrons. The van der Waals surface area contributed by atoms with Crippen molar-refractivity contribution in [1.82, 2.24) is 0 Å². The van der Waals surface area contributed by atoms with Crippen LogP contribution in [0.25, 0.3) is 0 Å². The summed E-state index contributed by atoms with van der Waals surface area (Å²) in [7, 11) is 1.30. The lowest BCUT2D eigenvalue weighted by atomic mass is 10.0. The van der Waals surface area contributed by atoms with E-state index in [9.17, 15) is 4.79 Å². The van der Waals surface area contributed by atoms with Crippen molar-refractivity contribution in [2.45, 2.75) is 32.3 Å². The average Bonchev–Trinajstić information content (AvgIpc) is 3.39. The predicted octanol–water partition coefficient (Wildman–Crippen LogP) is 5.36. The van der Waals surface area contributed by atoms with E-state index in [0.29, 0.717) is 18.3 Å². The average molecular weight is 391 g/mol. The van der Waals surface area contributed by atoms with Crippen molar-refractivity contribution in [2.75, 3.05) is 7.11 Å². The molecule has 0 aromatic heterocycles. The molecule has 0 N–H and O–H groups in total. The zero-order valence-electron chi connectivity index (χ0n) is 13.7. The fourth-order valence-corrected chi connectivity index (χ4v) is 3.22. The summed E-state index contributed by atoms with van der Waals surface area (Å²) in [5.41, 5.74) is 3.24. The summed E-state index contributed by atoms with van der Waals surface area (Å²) in [6, 6.07) is 11.7. The maximum atomic E-state index is 11.5. The number of rotatable bonds is 5. The smallest absolute Gasteiger partial charge is 0.488 e. The van der Waals surface area contributed by atoms with Crippen LogP contribution in [0.15, 0.2) is 40.9 Å². The zero-order chi connectivity index (χ0) is 17.1. The highest BCUT2D eigenvalue weighted by atomic mass is 79.9. The van der Waals surface area contributed by atoms with Crippen LogP contribution in [-0.2, 0) is 11.3 Å². The predicted molar refractivity (Wildman–Crippen MR) is 94.7 cm³/mol. The van der Waals surface area contributed by atoms with E-state index in [4.69, 9.17) is 9.47 Å². The van der Waals surface area contributed by atoms with Crippen molar-refractivity contribution in [3.8, 4) is 11.5 Å². The van der Waals surface area contributed by atoms with Crippen LogP contribution in [0.2, 0.25) is 0 Å². The summed E-state index contributed by atoms with van der Waals surface area (Å²) in [5.74, 6) is 1.77. The van der Waals surface area contributed by atoms with Crippen molar-refractivity contribution in [3.63, 3.8) is 0 Å². The van der Waals surface area contributed by atoms with Gasteiger partial charge in [-0.15, -0.1) is 0 Å². The molecular formula is C19H19BrO4. The Morgan fingerprint density at radius 2 is 2.00 bits per heavy atom. The lowest BCUT2D eigenvalue weighted by Gasteiger charge is -2.15. The standard InChI is InChI=1S/C19H19BrO4/c1-12-6-9-18(16(20)10-12)23-11-15-14(13-7-8-13)4-3-5-17(15)24-19(21)22-2/h3-6,9-10,13H,7-8,11H2,1-2H3. The maximum Gasteiger partial charge on any atom is 0.513 e. The lowest BCUT2D eigenvalue weighted by Crippen LogP contribution is -2.11. The van der Waals surface area contributed by atoms with Gasteiger partial charge in [0.2, 0.25) is 0 Å². The summed E-state index contributed by atoms with van der Waals surface area (Å²) in [6.45, 7) is 2.36. The van der Waals surface area contributed by atoms with Gasteiger partial charge in [0, 0.05) is 5.56 Å². The van der Waals surface area contributed by atoms with Crippen LogP contribution in [0.3, 0.4) is 0 Å². The van der Waals surface area contributed by atoms with Crippen LogP contribution in [0.1, 0.15) is 35.4 Å². The minimum absolute atomic E-state index is 0.334. The summed E-state index contributed by atoms with van der Waals surface area (Å²) in [4.78, 5) is 11.5. The minimum atomic E-state index is -0.722. The van der Waals surface area contributed by atoms with E-state index in [2.05, 4.69) is 26.7 Å². The van der Waals surface area contributed by atoms with E-state index < -0.39 is 6.16 Å². The molecule has 4 nitrogen and oxygen atoms in total. The molecule has 5 heteroatoms. The van der Waals surface area contributed by atoms with Crippen LogP contribution in [0, 0.1) is 6.92 Å². The molecule has 0 heterocycles. The van der Waals surface area contributed by atoms with Gasteiger partial charge in [-0.2, -0.15) is 0 Å². The second-order valence-corrected chi connectivity index (χ2v) is 6.73. The first kappa shape index (κ1) is 16.8. The molecule has 3 rings (SSSR count). The van der Waals surface area contributed by atoms with Gasteiger partial charge in [-0.1, -0.05) is 18.2 Å². The number of carbonyl (C=O) groups is 1. The van der Waals surface area contributed by atoms with E-state index in [1.165, 1.54) is 12.7 Å². The molecule has 0 aliphatic heterocycles. The number of methoxy groups -OCH3 is 1. The third-order valence-corrected chi connectivity index (χ3v) is 4.63. The van der Waals surface area contributed by atoms with Crippen molar-refractivity contribution in [2.24, 2.45) is 0 Å². The Morgan fingerprint density at radius 3 is 2.67 bits per heavy atom. The normalized spacial score (nSPS) is 13.5. The van der Waals surface area contributed by atoms with Crippen LogP contribution in [0.5, 0.6) is 11.5 Å². The van der Waals surface area contributed by atoms with Gasteiger partial charge >= 0.3 is 6.16 Å². The van der Waals surface area contributed by atoms with Gasteiger partial charge in [0.05, 0.1) is 11.6 Å². The molecule has 24 heavy (non-hydrogen) atoms. The van der Waals surface area contributed by atoms with Crippen molar-refractivity contribution in [3.05, 3.63) is 57.6 Å². The van der Waals surface area contributed by atoms with Crippen LogP contribution < -0.4 is 9.47 Å². The number of aryl methyl sites for hydroxylation is 1. The van der Waals surface area contributed by atoms with Crippen LogP contribution in [0.4, 0.5) is 4.79 Å². The van der Waals surface area contributed by atoms with Gasteiger partial charge in [0.1, 0.15) is 18.1 Å². The summed E-state index contributed by atoms with van der Waals surface area (Å²) >= 11 is 3.52. The largest absolute Gasteiger partial charge is 0.513 e. The maximum absolute atomic E-state index is 11.5. The summed E-state index contributed by atoms with van der Waals surface area (Å²) < 4.78 is 16.8. The lowest BCUT2D eigenvalue weighted by molar-refractivity contribution is 0.120. The number of halogens is 1.